The van der Waals surface area contributed by atoms with Crippen LogP contribution in [0.5, 0.6) is 0 Å². The summed E-state index contributed by atoms with van der Waals surface area (Å²) in [5.74, 6) is 0. The molecule has 0 bridgehead atoms. The van der Waals surface area contributed by atoms with Gasteiger partial charge in [0.15, 0.2) is 0 Å². The summed E-state index contributed by atoms with van der Waals surface area (Å²) in [6.45, 7) is -9.11. The maximum absolute atomic E-state index is 8.92. The first kappa shape index (κ1) is 29.6. The largest absolute Gasteiger partial charge is 2.00 e. The summed E-state index contributed by atoms with van der Waals surface area (Å²) in [6, 6.07) is 0. The third kappa shape index (κ3) is 339. The van der Waals surface area contributed by atoms with Gasteiger partial charge in [0.25, 0.3) is 0 Å². The minimum atomic E-state index is -4.56. The summed E-state index contributed by atoms with van der Waals surface area (Å²) < 4.78 is 0. The molecule has 0 aliphatic carbocycles. The van der Waals surface area contributed by atoms with Crippen molar-refractivity contribution in [3.05, 3.63) is 0 Å². The van der Waals surface area contributed by atoms with Crippen LogP contribution in [-0.2, 0) is 74.8 Å². The first-order valence-electron chi connectivity index (χ1n) is 1.46. The van der Waals surface area contributed by atoms with Gasteiger partial charge in [-0.25, -0.2) is 0 Å². The SMILES string of the molecule is [Cu+2].[Cu+2].[Cu+2].[O-]P([O-])([O-])=S.[O-]P([O-])([O-])=S. The predicted octanol–water partition coefficient (Wildman–Crippen LogP) is -5.42. The summed E-state index contributed by atoms with van der Waals surface area (Å²) >= 11 is 6.54. The molecule has 0 spiro atoms. The molecule has 0 aliphatic heterocycles. The summed E-state index contributed by atoms with van der Waals surface area (Å²) in [5, 5.41) is 0. The molecule has 0 N–H and O–H groups in total. The van der Waals surface area contributed by atoms with E-state index in [1.54, 1.807) is 0 Å². The molecule has 0 aromatic rings. The summed E-state index contributed by atoms with van der Waals surface area (Å²) in [5.41, 5.74) is 0. The van der Waals surface area contributed by atoms with Crippen LogP contribution >= 0.6 is 13.4 Å². The van der Waals surface area contributed by atoms with Gasteiger partial charge in [0.05, 0.1) is 0 Å². The predicted molar refractivity (Wildman–Crippen MR) is 28.6 cm³/mol. The minimum Gasteiger partial charge on any atom is -0.844 e. The van der Waals surface area contributed by atoms with Crippen LogP contribution in [0.15, 0.2) is 0 Å². The van der Waals surface area contributed by atoms with Gasteiger partial charge >= 0.3 is 51.2 Å². The van der Waals surface area contributed by atoms with Crippen LogP contribution in [0.4, 0.5) is 0 Å². The fraction of sp³-hybridized carbons (Fsp3) is 0. The van der Waals surface area contributed by atoms with Gasteiger partial charge < -0.3 is 42.8 Å². The van der Waals surface area contributed by atoms with Crippen molar-refractivity contribution in [2.75, 3.05) is 0 Å². The van der Waals surface area contributed by atoms with E-state index in [-0.39, 0.29) is 51.2 Å². The van der Waals surface area contributed by atoms with E-state index in [4.69, 9.17) is 29.4 Å². The molecule has 91 valence electrons. The Kier molecular flexibility index (Phi) is 28.9. The van der Waals surface area contributed by atoms with Crippen LogP contribution in [0.25, 0.3) is 0 Å². The molecular weight excluding hydrogens is 413 g/mol. The average molecular weight is 413 g/mol. The smallest absolute Gasteiger partial charge is 0.844 e. The van der Waals surface area contributed by atoms with Gasteiger partial charge in [-0.1, -0.05) is 0 Å². The van der Waals surface area contributed by atoms with Crippen molar-refractivity contribution < 1.29 is 80.6 Å². The van der Waals surface area contributed by atoms with Gasteiger partial charge in [0, 0.05) is 0 Å². The van der Waals surface area contributed by atoms with E-state index < -0.39 is 13.4 Å². The van der Waals surface area contributed by atoms with Crippen LogP contribution < -0.4 is 29.4 Å². The van der Waals surface area contributed by atoms with E-state index in [1.165, 1.54) is 0 Å². The fourth-order valence-electron chi connectivity index (χ4n) is 0. The van der Waals surface area contributed by atoms with Crippen molar-refractivity contribution in [3.8, 4) is 0 Å². The third-order valence-corrected chi connectivity index (χ3v) is 0. The van der Waals surface area contributed by atoms with Crippen molar-refractivity contribution in [1.82, 2.24) is 0 Å². The Morgan fingerprint density at radius 2 is 0.538 bits per heavy atom. The van der Waals surface area contributed by atoms with Crippen LogP contribution in [0.1, 0.15) is 0 Å². The van der Waals surface area contributed by atoms with Gasteiger partial charge in [-0.05, 0) is 0 Å². The molecular formula is Cu3O6P2S2. The monoisotopic (exact) mass is 411 g/mol. The summed E-state index contributed by atoms with van der Waals surface area (Å²) in [4.78, 5) is 53.5. The zero-order valence-corrected chi connectivity index (χ0v) is 11.3. The molecule has 0 aromatic carbocycles. The quantitative estimate of drug-likeness (QED) is 0.284. The van der Waals surface area contributed by atoms with Gasteiger partial charge in [-0.15, -0.1) is 0 Å². The maximum Gasteiger partial charge on any atom is 2.00 e. The molecule has 3 radical (unpaired) electrons. The summed E-state index contributed by atoms with van der Waals surface area (Å²) in [7, 11) is 0. The maximum atomic E-state index is 8.92. The second-order valence-electron chi connectivity index (χ2n) is 0.894. The molecule has 0 unspecified atom stereocenters. The van der Waals surface area contributed by atoms with Crippen molar-refractivity contribution in [2.45, 2.75) is 0 Å². The second-order valence-corrected chi connectivity index (χ2v) is 5.37. The van der Waals surface area contributed by atoms with Gasteiger partial charge in [-0.2, -0.15) is 23.6 Å². The Bertz CT molecular complexity index is 136. The van der Waals surface area contributed by atoms with E-state index in [9.17, 15) is 0 Å². The number of rotatable bonds is 0. The van der Waals surface area contributed by atoms with E-state index >= 15 is 0 Å². The zero-order chi connectivity index (χ0) is 9.00. The molecule has 13 heteroatoms. The molecule has 6 nitrogen and oxygen atoms in total. The molecule has 13 heavy (non-hydrogen) atoms. The fourth-order valence-corrected chi connectivity index (χ4v) is 0. The molecule has 0 heterocycles. The van der Waals surface area contributed by atoms with E-state index in [0.717, 1.165) is 0 Å². The van der Waals surface area contributed by atoms with Crippen LogP contribution in [0.3, 0.4) is 0 Å². The molecule has 0 atom stereocenters. The molecule has 0 amide bonds. The average Bonchev–Trinajstić information content (AvgIpc) is 1.12. The molecule has 0 fully saturated rings. The van der Waals surface area contributed by atoms with Crippen molar-refractivity contribution in [1.29, 1.82) is 0 Å². The molecule has 0 aromatic heterocycles. The third-order valence-electron chi connectivity index (χ3n) is 0. The first-order valence-corrected chi connectivity index (χ1v) is 6.57. The number of hydrogen-bond donors (Lipinski definition) is 0. The summed E-state index contributed by atoms with van der Waals surface area (Å²) in [6.07, 6.45) is 0. The zero-order valence-electron chi connectivity index (χ0n) is 5.06. The van der Waals surface area contributed by atoms with E-state index in [2.05, 4.69) is 23.6 Å². The van der Waals surface area contributed by atoms with Crippen molar-refractivity contribution >= 4 is 37.1 Å². The number of hydrogen-bond acceptors (Lipinski definition) is 8. The van der Waals surface area contributed by atoms with Crippen LogP contribution in [0, 0.1) is 0 Å². The normalized spacial score (nSPS) is 9.08. The molecule has 0 aliphatic rings. The molecule has 0 saturated carbocycles. The van der Waals surface area contributed by atoms with Gasteiger partial charge in [0.1, 0.15) is 0 Å². The van der Waals surface area contributed by atoms with Crippen LogP contribution in [-0.4, -0.2) is 0 Å². The van der Waals surface area contributed by atoms with Crippen molar-refractivity contribution in [3.63, 3.8) is 0 Å². The van der Waals surface area contributed by atoms with Gasteiger partial charge in [0.2, 0.25) is 0 Å². The Labute approximate surface area is 117 Å². The van der Waals surface area contributed by atoms with E-state index in [0.29, 0.717) is 0 Å². The Balaban J connectivity index is -0.0000000267. The molecule has 0 saturated heterocycles. The minimum absolute atomic E-state index is 0. The Morgan fingerprint density at radius 3 is 0.538 bits per heavy atom. The standard InChI is InChI=1S/3Cu.2H3O3PS/c;;;2*1-4(2,3)5/h;;;2*(H3,1,2,3,5)/q3*+2;;/p-6. The van der Waals surface area contributed by atoms with Crippen LogP contribution in [0.2, 0.25) is 0 Å². The van der Waals surface area contributed by atoms with Crippen molar-refractivity contribution in [2.24, 2.45) is 0 Å². The second kappa shape index (κ2) is 12.7. The topological polar surface area (TPSA) is 138 Å². The van der Waals surface area contributed by atoms with Gasteiger partial charge in [-0.3, -0.25) is 0 Å². The van der Waals surface area contributed by atoms with E-state index in [1.807, 2.05) is 0 Å². The molecule has 0 rings (SSSR count). The Morgan fingerprint density at radius 1 is 0.538 bits per heavy atom. The first-order chi connectivity index (χ1) is 4.00. The Hall–Kier alpha value is 2.62.